The van der Waals surface area contributed by atoms with E-state index in [1.165, 1.54) is 4.90 Å². The number of hydrogen-bond donors (Lipinski definition) is 3. The number of thioether (sulfide) groups is 1. The normalized spacial score (nSPS) is 14.9. The molecule has 0 bridgehead atoms. The van der Waals surface area contributed by atoms with Gasteiger partial charge in [-0.2, -0.15) is 0 Å². The van der Waals surface area contributed by atoms with Crippen LogP contribution in [0.2, 0.25) is 0 Å². The minimum absolute atomic E-state index is 0.0157. The Kier molecular flexibility index (Phi) is 9.09. The van der Waals surface area contributed by atoms with Crippen molar-refractivity contribution in [2.75, 3.05) is 31.5 Å². The molecule has 2 aromatic carbocycles. The molecule has 1 heterocycles. The van der Waals surface area contributed by atoms with E-state index in [0.717, 1.165) is 56.2 Å². The highest BCUT2D eigenvalue weighted by Gasteiger charge is 2.17. The minimum Gasteiger partial charge on any atom is -0.357 e. The number of benzene rings is 2. The molecule has 166 valence electrons. The molecule has 31 heavy (non-hydrogen) atoms. The molecule has 0 spiro atoms. The predicted molar refractivity (Wildman–Crippen MR) is 131 cm³/mol. The third kappa shape index (κ3) is 7.83. The zero-order valence-corrected chi connectivity index (χ0v) is 19.3. The van der Waals surface area contributed by atoms with Gasteiger partial charge in [0.05, 0.1) is 6.54 Å². The van der Waals surface area contributed by atoms with Crippen LogP contribution in [-0.4, -0.2) is 48.3 Å². The molecule has 2 aromatic rings. The summed E-state index contributed by atoms with van der Waals surface area (Å²) in [6.07, 6.45) is 2.18. The van der Waals surface area contributed by atoms with Crippen molar-refractivity contribution < 1.29 is 4.79 Å². The maximum absolute atomic E-state index is 12.3. The number of aliphatic imine (C=N–C) groups is 1. The van der Waals surface area contributed by atoms with E-state index in [-0.39, 0.29) is 6.03 Å². The van der Waals surface area contributed by atoms with Gasteiger partial charge in [-0.05, 0) is 49.6 Å². The first-order valence-electron chi connectivity index (χ1n) is 11.0. The number of anilines is 1. The molecule has 0 radical (unpaired) electrons. The number of nitrogens with one attached hydrogen (secondary N) is 3. The first kappa shape index (κ1) is 23.0. The van der Waals surface area contributed by atoms with Crippen molar-refractivity contribution in [1.82, 2.24) is 15.5 Å². The average molecular weight is 440 g/mol. The van der Waals surface area contributed by atoms with Gasteiger partial charge in [0.25, 0.3) is 0 Å². The topological polar surface area (TPSA) is 68.8 Å². The zero-order valence-electron chi connectivity index (χ0n) is 18.4. The third-order valence-electron chi connectivity index (χ3n) is 4.97. The molecule has 1 aliphatic heterocycles. The van der Waals surface area contributed by atoms with Crippen LogP contribution in [-0.2, 0) is 6.54 Å². The fourth-order valence-corrected chi connectivity index (χ4v) is 4.34. The zero-order chi connectivity index (χ0) is 21.9. The minimum atomic E-state index is -0.0157. The highest BCUT2D eigenvalue weighted by Crippen LogP contribution is 2.22. The molecule has 6 nitrogen and oxygen atoms in total. The fourth-order valence-electron chi connectivity index (χ4n) is 3.40. The molecule has 1 saturated heterocycles. The van der Waals surface area contributed by atoms with E-state index < -0.39 is 0 Å². The summed E-state index contributed by atoms with van der Waals surface area (Å²) in [5.74, 6) is 0.800. The maximum atomic E-state index is 12.3. The SMILES string of the molecule is CCNC(=NCc1cccc(NC(=O)N2CCCC2)c1)NCC(C)Sc1ccccc1. The number of carbonyl (C=O) groups is 1. The number of amides is 2. The van der Waals surface area contributed by atoms with Gasteiger partial charge in [-0.1, -0.05) is 37.3 Å². The van der Waals surface area contributed by atoms with Crippen molar-refractivity contribution in [2.24, 2.45) is 4.99 Å². The van der Waals surface area contributed by atoms with Gasteiger partial charge in [-0.25, -0.2) is 9.79 Å². The lowest BCUT2D eigenvalue weighted by atomic mass is 10.2. The van der Waals surface area contributed by atoms with Crippen LogP contribution in [0, 0.1) is 0 Å². The Labute approximate surface area is 189 Å². The Morgan fingerprint density at radius 3 is 2.61 bits per heavy atom. The number of hydrogen-bond acceptors (Lipinski definition) is 3. The molecule has 0 aromatic heterocycles. The number of rotatable bonds is 8. The summed E-state index contributed by atoms with van der Waals surface area (Å²) in [4.78, 5) is 20.2. The van der Waals surface area contributed by atoms with E-state index in [4.69, 9.17) is 4.99 Å². The van der Waals surface area contributed by atoms with Crippen molar-refractivity contribution in [3.8, 4) is 0 Å². The van der Waals surface area contributed by atoms with Gasteiger partial charge in [0.2, 0.25) is 0 Å². The molecule has 2 amide bonds. The second kappa shape index (κ2) is 12.2. The predicted octanol–water partition coefficient (Wildman–Crippen LogP) is 4.55. The number of carbonyl (C=O) groups excluding carboxylic acids is 1. The van der Waals surface area contributed by atoms with Gasteiger partial charge >= 0.3 is 6.03 Å². The van der Waals surface area contributed by atoms with Crippen LogP contribution in [0.25, 0.3) is 0 Å². The Morgan fingerprint density at radius 1 is 1.10 bits per heavy atom. The molecule has 0 saturated carbocycles. The van der Waals surface area contributed by atoms with Crippen LogP contribution >= 0.6 is 11.8 Å². The summed E-state index contributed by atoms with van der Waals surface area (Å²) >= 11 is 1.85. The lowest BCUT2D eigenvalue weighted by molar-refractivity contribution is 0.222. The summed E-state index contributed by atoms with van der Waals surface area (Å²) in [6, 6.07) is 18.3. The molecule has 1 unspecified atom stereocenters. The molecule has 7 heteroatoms. The van der Waals surface area contributed by atoms with E-state index in [2.05, 4.69) is 54.1 Å². The van der Waals surface area contributed by atoms with Gasteiger partial charge in [0.15, 0.2) is 5.96 Å². The third-order valence-corrected chi connectivity index (χ3v) is 6.09. The average Bonchev–Trinajstić information content (AvgIpc) is 3.32. The highest BCUT2D eigenvalue weighted by molar-refractivity contribution is 8.00. The Bertz CT molecular complexity index is 852. The van der Waals surface area contributed by atoms with Crippen molar-refractivity contribution in [1.29, 1.82) is 0 Å². The van der Waals surface area contributed by atoms with Crippen LogP contribution in [0.3, 0.4) is 0 Å². The van der Waals surface area contributed by atoms with E-state index in [1.807, 2.05) is 47.0 Å². The molecular weight excluding hydrogens is 406 g/mol. The van der Waals surface area contributed by atoms with Crippen molar-refractivity contribution in [3.63, 3.8) is 0 Å². The lowest BCUT2D eigenvalue weighted by Gasteiger charge is -2.17. The Balaban J connectivity index is 1.52. The first-order valence-corrected chi connectivity index (χ1v) is 11.9. The molecule has 3 N–H and O–H groups in total. The van der Waals surface area contributed by atoms with Crippen LogP contribution in [0.5, 0.6) is 0 Å². The first-order chi connectivity index (χ1) is 15.1. The van der Waals surface area contributed by atoms with Crippen LogP contribution < -0.4 is 16.0 Å². The molecule has 1 aliphatic rings. The monoisotopic (exact) mass is 439 g/mol. The molecule has 1 atom stereocenters. The molecular formula is C24H33N5OS. The van der Waals surface area contributed by atoms with Gasteiger partial charge in [-0.15, -0.1) is 11.8 Å². The van der Waals surface area contributed by atoms with Crippen molar-refractivity contribution >= 4 is 29.4 Å². The van der Waals surface area contributed by atoms with Gasteiger partial charge in [0, 0.05) is 42.0 Å². The number of likely N-dealkylation sites (tertiary alicyclic amines) is 1. The largest absolute Gasteiger partial charge is 0.357 e. The van der Waals surface area contributed by atoms with Crippen LogP contribution in [0.15, 0.2) is 64.5 Å². The summed E-state index contributed by atoms with van der Waals surface area (Å²) < 4.78 is 0. The maximum Gasteiger partial charge on any atom is 0.321 e. The van der Waals surface area contributed by atoms with E-state index in [9.17, 15) is 4.79 Å². The van der Waals surface area contributed by atoms with E-state index in [0.29, 0.717) is 11.8 Å². The lowest BCUT2D eigenvalue weighted by Crippen LogP contribution is -2.40. The van der Waals surface area contributed by atoms with Crippen LogP contribution in [0.1, 0.15) is 32.3 Å². The summed E-state index contributed by atoms with van der Waals surface area (Å²) in [7, 11) is 0. The van der Waals surface area contributed by atoms with Crippen LogP contribution in [0.4, 0.5) is 10.5 Å². The highest BCUT2D eigenvalue weighted by atomic mass is 32.2. The van der Waals surface area contributed by atoms with E-state index >= 15 is 0 Å². The second-order valence-corrected chi connectivity index (χ2v) is 9.15. The number of guanidine groups is 1. The Hall–Kier alpha value is -2.67. The van der Waals surface area contributed by atoms with Gasteiger partial charge in [-0.3, -0.25) is 0 Å². The molecule has 1 fully saturated rings. The summed E-state index contributed by atoms with van der Waals surface area (Å²) in [5.41, 5.74) is 1.87. The standard InChI is InChI=1S/C24H33N5OS/c1-3-25-23(26-17-19(2)31-22-12-5-4-6-13-22)27-18-20-10-9-11-21(16-20)28-24(30)29-14-7-8-15-29/h4-6,9-13,16,19H,3,7-8,14-15,17-18H2,1-2H3,(H,28,30)(H2,25,26,27). The number of urea groups is 1. The fraction of sp³-hybridized carbons (Fsp3) is 0.417. The summed E-state index contributed by atoms with van der Waals surface area (Å²) in [6.45, 7) is 8.12. The summed E-state index contributed by atoms with van der Waals surface area (Å²) in [5, 5.41) is 10.2. The molecule has 0 aliphatic carbocycles. The van der Waals surface area contributed by atoms with Gasteiger partial charge < -0.3 is 20.9 Å². The van der Waals surface area contributed by atoms with E-state index in [1.54, 1.807) is 0 Å². The smallest absolute Gasteiger partial charge is 0.321 e. The number of nitrogens with zero attached hydrogens (tertiary/aromatic N) is 2. The second-order valence-electron chi connectivity index (χ2n) is 7.64. The Morgan fingerprint density at radius 2 is 1.87 bits per heavy atom. The quantitative estimate of drug-likeness (QED) is 0.321. The van der Waals surface area contributed by atoms with Gasteiger partial charge in [0.1, 0.15) is 0 Å². The molecule has 3 rings (SSSR count). The van der Waals surface area contributed by atoms with Crippen molar-refractivity contribution in [2.45, 2.75) is 43.4 Å². The van der Waals surface area contributed by atoms with Crippen molar-refractivity contribution in [3.05, 3.63) is 60.2 Å².